The summed E-state index contributed by atoms with van der Waals surface area (Å²) in [5.74, 6) is 0.836. The van der Waals surface area contributed by atoms with Crippen molar-refractivity contribution in [1.29, 1.82) is 5.26 Å². The molecule has 0 fully saturated rings. The van der Waals surface area contributed by atoms with Gasteiger partial charge < -0.3 is 29.4 Å². The molecule has 1 atom stereocenters. The first-order valence-electron chi connectivity index (χ1n) is 14.3. The number of allylic oxidation sites excluding steroid dienone is 1. The number of benzene rings is 3. The van der Waals surface area contributed by atoms with Gasteiger partial charge in [0.05, 0.1) is 41.3 Å². The molecule has 0 bridgehead atoms. The van der Waals surface area contributed by atoms with Gasteiger partial charge in [-0.3, -0.25) is 0 Å². The Morgan fingerprint density at radius 1 is 0.930 bits per heavy atom. The molecule has 0 saturated heterocycles. The molecule has 8 nitrogen and oxygen atoms in total. The Bertz CT molecular complexity index is 1530. The van der Waals surface area contributed by atoms with Gasteiger partial charge in [0.25, 0.3) is 0 Å². The van der Waals surface area contributed by atoms with Crippen molar-refractivity contribution in [1.82, 2.24) is 0 Å². The number of nitrogens with two attached hydrogens (primary N) is 1. The highest BCUT2D eigenvalue weighted by molar-refractivity contribution is 6.37. The molecule has 0 spiro atoms. The second-order valence-electron chi connectivity index (χ2n) is 9.83. The van der Waals surface area contributed by atoms with Crippen LogP contribution in [0.4, 0.5) is 0 Å². The molecule has 0 saturated carbocycles. The quantitative estimate of drug-likeness (QED) is 0.115. The maximum absolute atomic E-state index is 13.0. The van der Waals surface area contributed by atoms with Crippen LogP contribution >= 0.6 is 23.2 Å². The predicted octanol–water partition coefficient (Wildman–Crippen LogP) is 8.19. The maximum atomic E-state index is 13.0. The first-order valence-corrected chi connectivity index (χ1v) is 15.0. The smallest absolute Gasteiger partial charge is 0.343 e. The van der Waals surface area contributed by atoms with Crippen LogP contribution in [0.25, 0.3) is 0 Å². The van der Waals surface area contributed by atoms with Crippen LogP contribution < -0.4 is 29.4 Å². The maximum Gasteiger partial charge on any atom is 0.343 e. The van der Waals surface area contributed by atoms with Gasteiger partial charge in [0, 0.05) is 11.6 Å². The Kier molecular flexibility index (Phi) is 11.0. The van der Waals surface area contributed by atoms with Gasteiger partial charge in [-0.05, 0) is 55.7 Å². The summed E-state index contributed by atoms with van der Waals surface area (Å²) in [5, 5.41) is 10.4. The van der Waals surface area contributed by atoms with Crippen LogP contribution in [0.3, 0.4) is 0 Å². The fourth-order valence-corrected chi connectivity index (χ4v) is 5.25. The second-order valence-corrected chi connectivity index (χ2v) is 10.6. The lowest BCUT2D eigenvalue weighted by atomic mass is 9.83. The minimum Gasteiger partial charge on any atom is -0.490 e. The fraction of sp³-hybridized carbons (Fsp3) is 0.333. The van der Waals surface area contributed by atoms with Crippen LogP contribution in [0, 0.1) is 11.3 Å². The van der Waals surface area contributed by atoms with Crippen molar-refractivity contribution in [2.75, 3.05) is 19.8 Å². The van der Waals surface area contributed by atoms with E-state index in [1.807, 2.05) is 32.0 Å². The first kappa shape index (κ1) is 31.9. The normalized spacial score (nSPS) is 13.9. The van der Waals surface area contributed by atoms with Gasteiger partial charge in [-0.15, -0.1) is 0 Å². The SMILES string of the molecule is CCCCCOc1ccc(C2C(C#N)=C(N)Oc3cc(OC(=O)c4cc(Cl)c(OCCC)c(Cl)c4)ccc32)cc1OCC. The number of hydrogen-bond donors (Lipinski definition) is 1. The predicted molar refractivity (Wildman–Crippen MR) is 166 cm³/mol. The summed E-state index contributed by atoms with van der Waals surface area (Å²) >= 11 is 12.6. The van der Waals surface area contributed by atoms with Crippen molar-refractivity contribution >= 4 is 29.2 Å². The first-order chi connectivity index (χ1) is 20.8. The van der Waals surface area contributed by atoms with E-state index in [1.165, 1.54) is 12.1 Å². The zero-order valence-electron chi connectivity index (χ0n) is 24.4. The van der Waals surface area contributed by atoms with Crippen molar-refractivity contribution in [3.63, 3.8) is 0 Å². The van der Waals surface area contributed by atoms with E-state index in [1.54, 1.807) is 18.2 Å². The third-order valence-corrected chi connectivity index (χ3v) is 7.25. The summed E-state index contributed by atoms with van der Waals surface area (Å²) in [4.78, 5) is 13.0. The van der Waals surface area contributed by atoms with Gasteiger partial charge in [0.1, 0.15) is 23.1 Å². The highest BCUT2D eigenvalue weighted by Crippen LogP contribution is 2.45. The molecule has 3 aromatic rings. The monoisotopic (exact) mass is 624 g/mol. The molecular weight excluding hydrogens is 591 g/mol. The highest BCUT2D eigenvalue weighted by Gasteiger charge is 2.32. The zero-order chi connectivity index (χ0) is 30.9. The Morgan fingerprint density at radius 2 is 1.70 bits per heavy atom. The second kappa shape index (κ2) is 14.9. The van der Waals surface area contributed by atoms with Crippen molar-refractivity contribution in [2.24, 2.45) is 5.73 Å². The topological polar surface area (TPSA) is 113 Å². The number of esters is 1. The molecule has 0 aliphatic carbocycles. The molecule has 1 aliphatic heterocycles. The lowest BCUT2D eigenvalue weighted by Crippen LogP contribution is -2.21. The Labute approximate surface area is 261 Å². The number of carbonyl (C=O) groups is 1. The van der Waals surface area contributed by atoms with Crippen LogP contribution in [0.15, 0.2) is 60.0 Å². The fourth-order valence-electron chi connectivity index (χ4n) is 4.65. The average Bonchev–Trinajstić information content (AvgIpc) is 2.98. The highest BCUT2D eigenvalue weighted by atomic mass is 35.5. The number of ether oxygens (including phenoxy) is 5. The number of nitriles is 1. The van der Waals surface area contributed by atoms with E-state index in [0.717, 1.165) is 31.2 Å². The van der Waals surface area contributed by atoms with Crippen molar-refractivity contribution in [2.45, 2.75) is 52.4 Å². The van der Waals surface area contributed by atoms with Gasteiger partial charge in [0.15, 0.2) is 17.2 Å². The van der Waals surface area contributed by atoms with Crippen molar-refractivity contribution in [3.05, 3.63) is 86.7 Å². The van der Waals surface area contributed by atoms with E-state index < -0.39 is 11.9 Å². The molecule has 1 aliphatic rings. The Hall–Kier alpha value is -4.06. The summed E-state index contributed by atoms with van der Waals surface area (Å²) in [7, 11) is 0. The molecule has 0 amide bonds. The number of halogens is 2. The van der Waals surface area contributed by atoms with Crippen molar-refractivity contribution in [3.8, 4) is 34.8 Å². The number of hydrogen-bond acceptors (Lipinski definition) is 8. The molecule has 0 aromatic heterocycles. The molecule has 0 radical (unpaired) electrons. The Balaban J connectivity index is 1.62. The summed E-state index contributed by atoms with van der Waals surface area (Å²) in [5.41, 5.74) is 8.06. The summed E-state index contributed by atoms with van der Waals surface area (Å²) < 4.78 is 28.9. The van der Waals surface area contributed by atoms with Crippen LogP contribution in [0.1, 0.15) is 73.9 Å². The minimum atomic E-state index is -0.671. The van der Waals surface area contributed by atoms with Crippen LogP contribution in [0.5, 0.6) is 28.7 Å². The number of carbonyl (C=O) groups excluding carboxylic acids is 1. The lowest BCUT2D eigenvalue weighted by Gasteiger charge is -2.27. The molecule has 4 rings (SSSR count). The third kappa shape index (κ3) is 7.48. The van der Waals surface area contributed by atoms with Crippen LogP contribution in [-0.4, -0.2) is 25.8 Å². The lowest BCUT2D eigenvalue weighted by molar-refractivity contribution is 0.0734. The molecule has 3 aromatic carbocycles. The number of rotatable bonds is 13. The molecule has 1 unspecified atom stereocenters. The average molecular weight is 626 g/mol. The van der Waals surface area contributed by atoms with E-state index in [4.69, 9.17) is 52.6 Å². The van der Waals surface area contributed by atoms with Crippen molar-refractivity contribution < 1.29 is 28.5 Å². The van der Waals surface area contributed by atoms with Gasteiger partial charge in [-0.2, -0.15) is 5.26 Å². The molecule has 1 heterocycles. The summed E-state index contributed by atoms with van der Waals surface area (Å²) in [6, 6.07) is 15.6. The van der Waals surface area contributed by atoms with E-state index in [0.29, 0.717) is 48.4 Å². The molecule has 10 heteroatoms. The van der Waals surface area contributed by atoms with E-state index in [2.05, 4.69) is 13.0 Å². The Morgan fingerprint density at radius 3 is 2.37 bits per heavy atom. The summed E-state index contributed by atoms with van der Waals surface area (Å²) in [6.45, 7) is 7.47. The number of unbranched alkanes of at least 4 members (excludes halogenated alkanes) is 2. The molecule has 226 valence electrons. The number of fused-ring (bicyclic) bond motifs is 1. The van der Waals surface area contributed by atoms with E-state index in [9.17, 15) is 10.1 Å². The van der Waals surface area contributed by atoms with Gasteiger partial charge >= 0.3 is 5.97 Å². The molecule has 43 heavy (non-hydrogen) atoms. The number of nitrogens with zero attached hydrogens (tertiary/aromatic N) is 1. The molecule has 2 N–H and O–H groups in total. The van der Waals surface area contributed by atoms with Gasteiger partial charge in [-0.1, -0.05) is 62.0 Å². The van der Waals surface area contributed by atoms with Crippen LogP contribution in [-0.2, 0) is 0 Å². The van der Waals surface area contributed by atoms with E-state index in [-0.39, 0.29) is 32.8 Å². The van der Waals surface area contributed by atoms with Crippen LogP contribution in [0.2, 0.25) is 10.0 Å². The van der Waals surface area contributed by atoms with Gasteiger partial charge in [0.2, 0.25) is 5.88 Å². The standard InChI is InChI=1S/C33H34Cl2N2O6/c1-4-7-8-14-40-27-12-9-20(17-29(27)39-6-3)30-23-11-10-22(18-28(23)43-32(37)24(30)19-36)42-33(38)21-15-25(34)31(26(35)16-21)41-13-5-2/h9-12,15-18,30H,4-8,13-14,37H2,1-3H3. The summed E-state index contributed by atoms with van der Waals surface area (Å²) in [6.07, 6.45) is 3.90. The largest absolute Gasteiger partial charge is 0.490 e. The minimum absolute atomic E-state index is 0.0393. The molecular formula is C33H34Cl2N2O6. The van der Waals surface area contributed by atoms with E-state index >= 15 is 0 Å². The van der Waals surface area contributed by atoms with Gasteiger partial charge in [-0.25, -0.2) is 4.79 Å². The third-order valence-electron chi connectivity index (χ3n) is 6.69. The zero-order valence-corrected chi connectivity index (χ0v) is 25.9.